The third-order valence-corrected chi connectivity index (χ3v) is 5.40. The van der Waals surface area contributed by atoms with E-state index in [1.54, 1.807) is 12.1 Å². The Morgan fingerprint density at radius 1 is 1.07 bits per heavy atom. The second-order valence-electron chi connectivity index (χ2n) is 7.57. The molecule has 8 heteroatoms. The molecule has 1 aliphatic carbocycles. The molecule has 1 aromatic heterocycles. The average molecular weight is 424 g/mol. The van der Waals surface area contributed by atoms with Gasteiger partial charge in [0.25, 0.3) is 0 Å². The van der Waals surface area contributed by atoms with Crippen LogP contribution >= 0.6 is 0 Å². The van der Waals surface area contributed by atoms with Crippen molar-refractivity contribution in [2.45, 2.75) is 37.8 Å². The van der Waals surface area contributed by atoms with Gasteiger partial charge in [0.05, 0.1) is 16.6 Å². The Morgan fingerprint density at radius 3 is 2.50 bits per heavy atom. The molecule has 0 unspecified atom stereocenters. The highest BCUT2D eigenvalue weighted by Gasteiger charge is 2.35. The lowest BCUT2D eigenvalue weighted by Crippen LogP contribution is -2.23. The molecule has 2 aromatic carbocycles. The highest BCUT2D eigenvalue weighted by molar-refractivity contribution is 5.84. The summed E-state index contributed by atoms with van der Waals surface area (Å²) in [6.45, 7) is 0. The number of hydrogen-bond donors (Lipinski definition) is 1. The van der Waals surface area contributed by atoms with Crippen molar-refractivity contribution in [3.8, 4) is 11.1 Å². The van der Waals surface area contributed by atoms with Gasteiger partial charge in [0, 0.05) is 18.4 Å². The summed E-state index contributed by atoms with van der Waals surface area (Å²) in [5.41, 5.74) is -0.525. The molecular weight excluding hydrogens is 406 g/mol. The molecule has 0 atom stereocenters. The van der Waals surface area contributed by atoms with Gasteiger partial charge in [0.1, 0.15) is 11.6 Å². The Balaban J connectivity index is 1.62. The zero-order valence-corrected chi connectivity index (χ0v) is 15.7. The number of nitrogens with zero attached hydrogens (tertiary/aromatic N) is 1. The van der Waals surface area contributed by atoms with E-state index in [2.05, 4.69) is 9.97 Å². The van der Waals surface area contributed by atoms with Gasteiger partial charge in [-0.1, -0.05) is 18.2 Å². The van der Waals surface area contributed by atoms with Gasteiger partial charge in [-0.2, -0.15) is 13.2 Å². The number of aromatic nitrogens is 2. The molecule has 0 bridgehead atoms. The molecule has 0 amide bonds. The van der Waals surface area contributed by atoms with Gasteiger partial charge >= 0.3 is 6.18 Å². The van der Waals surface area contributed by atoms with E-state index in [0.717, 1.165) is 18.2 Å². The van der Waals surface area contributed by atoms with Crippen LogP contribution in [0.5, 0.6) is 0 Å². The summed E-state index contributed by atoms with van der Waals surface area (Å²) in [5.74, 6) is -3.07. The van der Waals surface area contributed by atoms with E-state index < -0.39 is 29.0 Å². The van der Waals surface area contributed by atoms with Crippen LogP contribution in [0.25, 0.3) is 28.2 Å². The Labute approximate surface area is 168 Å². The molecule has 1 heterocycles. The molecule has 158 valence electrons. The molecule has 0 spiro atoms. The lowest BCUT2D eigenvalue weighted by Gasteiger charge is -2.26. The van der Waals surface area contributed by atoms with Crippen LogP contribution in [0.4, 0.5) is 26.3 Å². The van der Waals surface area contributed by atoms with E-state index in [1.165, 1.54) is 12.1 Å². The predicted molar refractivity (Wildman–Crippen MR) is 102 cm³/mol. The van der Waals surface area contributed by atoms with Crippen LogP contribution in [-0.4, -0.2) is 15.9 Å². The smallest absolute Gasteiger partial charge is 0.338 e. The number of aromatic amines is 1. The number of halogens is 6. The maximum atomic E-state index is 14.3. The Hall–Kier alpha value is -2.77. The van der Waals surface area contributed by atoms with E-state index in [9.17, 15) is 26.3 Å². The Kier molecular flexibility index (Phi) is 5.11. The summed E-state index contributed by atoms with van der Waals surface area (Å²) in [6.07, 6.45) is -0.679. The molecule has 4 rings (SSSR count). The van der Waals surface area contributed by atoms with E-state index in [-0.39, 0.29) is 24.3 Å². The first-order valence-corrected chi connectivity index (χ1v) is 9.54. The minimum atomic E-state index is -4.69. The standard InChI is InChI=1S/C22H18F6N2/c23-16-3-1-2-15(22(26,27)28)20(16)14-5-6-17-18(12-14)30-19(29-17)7-4-13-8-10-21(24,25)11-9-13/h1-7,12-13H,8-11H2,(H,29,30). The van der Waals surface area contributed by atoms with Crippen molar-refractivity contribution in [3.05, 3.63) is 59.7 Å². The quantitative estimate of drug-likeness (QED) is 0.442. The predicted octanol–water partition coefficient (Wildman–Crippen LogP) is 7.23. The van der Waals surface area contributed by atoms with Gasteiger partial charge in [0.15, 0.2) is 0 Å². The molecule has 0 aliphatic heterocycles. The molecule has 0 radical (unpaired) electrons. The van der Waals surface area contributed by atoms with Crippen molar-refractivity contribution in [1.82, 2.24) is 9.97 Å². The van der Waals surface area contributed by atoms with E-state index >= 15 is 0 Å². The second-order valence-corrected chi connectivity index (χ2v) is 7.57. The minimum absolute atomic E-state index is 0.0288. The molecule has 0 saturated heterocycles. The van der Waals surface area contributed by atoms with Gasteiger partial charge in [-0.05, 0) is 54.7 Å². The molecule has 3 aromatic rings. The van der Waals surface area contributed by atoms with Gasteiger partial charge in [0.2, 0.25) is 5.92 Å². The fraction of sp³-hybridized carbons (Fsp3) is 0.318. The lowest BCUT2D eigenvalue weighted by atomic mass is 9.86. The molecule has 2 nitrogen and oxygen atoms in total. The van der Waals surface area contributed by atoms with Crippen LogP contribution in [0.15, 0.2) is 42.5 Å². The van der Waals surface area contributed by atoms with Crippen LogP contribution in [0.2, 0.25) is 0 Å². The van der Waals surface area contributed by atoms with E-state index in [4.69, 9.17) is 0 Å². The van der Waals surface area contributed by atoms with Crippen molar-refractivity contribution in [2.24, 2.45) is 5.92 Å². The van der Waals surface area contributed by atoms with Crippen molar-refractivity contribution in [2.75, 3.05) is 0 Å². The largest absolute Gasteiger partial charge is 0.417 e. The molecule has 30 heavy (non-hydrogen) atoms. The first kappa shape index (κ1) is 20.5. The third kappa shape index (κ3) is 4.22. The molecular formula is C22H18F6N2. The summed E-state index contributed by atoms with van der Waals surface area (Å²) in [5, 5.41) is 0. The van der Waals surface area contributed by atoms with Crippen molar-refractivity contribution < 1.29 is 26.3 Å². The van der Waals surface area contributed by atoms with Gasteiger partial charge in [-0.15, -0.1) is 0 Å². The highest BCUT2D eigenvalue weighted by atomic mass is 19.4. The van der Waals surface area contributed by atoms with Gasteiger partial charge in [-0.3, -0.25) is 0 Å². The summed E-state index contributed by atoms with van der Waals surface area (Å²) < 4.78 is 80.7. The molecule has 1 saturated carbocycles. The lowest BCUT2D eigenvalue weighted by molar-refractivity contribution is -0.137. The van der Waals surface area contributed by atoms with Crippen molar-refractivity contribution >= 4 is 17.1 Å². The Morgan fingerprint density at radius 2 is 1.80 bits per heavy atom. The van der Waals surface area contributed by atoms with Crippen molar-refractivity contribution in [3.63, 3.8) is 0 Å². The SMILES string of the molecule is Fc1cccc(C(F)(F)F)c1-c1ccc2[nH]c(C=CC3CCC(F)(F)CC3)nc2c1. The number of rotatable bonds is 3. The summed E-state index contributed by atoms with van der Waals surface area (Å²) in [7, 11) is 0. The maximum absolute atomic E-state index is 14.3. The maximum Gasteiger partial charge on any atom is 0.417 e. The number of benzene rings is 2. The fourth-order valence-corrected chi connectivity index (χ4v) is 3.80. The van der Waals surface area contributed by atoms with E-state index in [1.807, 2.05) is 6.08 Å². The Bertz CT molecular complexity index is 1090. The molecule has 1 N–H and O–H groups in total. The zero-order valence-electron chi connectivity index (χ0n) is 15.7. The minimum Gasteiger partial charge on any atom is -0.338 e. The molecule has 1 fully saturated rings. The van der Waals surface area contributed by atoms with Gasteiger partial charge < -0.3 is 4.98 Å². The number of alkyl halides is 5. The van der Waals surface area contributed by atoms with E-state index in [0.29, 0.717) is 29.7 Å². The second kappa shape index (κ2) is 7.49. The zero-order chi connectivity index (χ0) is 21.5. The van der Waals surface area contributed by atoms with Crippen LogP contribution in [-0.2, 0) is 6.18 Å². The third-order valence-electron chi connectivity index (χ3n) is 5.40. The summed E-state index contributed by atoms with van der Waals surface area (Å²) in [4.78, 5) is 7.37. The first-order chi connectivity index (χ1) is 14.1. The fourth-order valence-electron chi connectivity index (χ4n) is 3.80. The van der Waals surface area contributed by atoms with Crippen LogP contribution in [0.3, 0.4) is 0 Å². The number of imidazole rings is 1. The van der Waals surface area contributed by atoms with Crippen LogP contribution in [0.1, 0.15) is 37.1 Å². The molecule has 1 aliphatic rings. The summed E-state index contributed by atoms with van der Waals surface area (Å²) >= 11 is 0. The first-order valence-electron chi connectivity index (χ1n) is 9.54. The summed E-state index contributed by atoms with van der Waals surface area (Å²) in [6, 6.07) is 7.21. The van der Waals surface area contributed by atoms with Crippen molar-refractivity contribution in [1.29, 1.82) is 0 Å². The highest BCUT2D eigenvalue weighted by Crippen LogP contribution is 2.39. The number of hydrogen-bond acceptors (Lipinski definition) is 1. The number of H-pyrrole nitrogens is 1. The average Bonchev–Trinajstić information content (AvgIpc) is 3.08. The normalized spacial score (nSPS) is 17.8. The van der Waals surface area contributed by atoms with Crippen LogP contribution < -0.4 is 0 Å². The van der Waals surface area contributed by atoms with Gasteiger partial charge in [-0.25, -0.2) is 18.2 Å². The topological polar surface area (TPSA) is 28.7 Å². The number of fused-ring (bicyclic) bond motifs is 1. The number of nitrogens with one attached hydrogen (secondary N) is 1. The van der Waals surface area contributed by atoms with Crippen LogP contribution in [0, 0.1) is 11.7 Å². The number of allylic oxidation sites excluding steroid dienone is 1. The monoisotopic (exact) mass is 424 g/mol.